The Labute approximate surface area is 124 Å². The van der Waals surface area contributed by atoms with E-state index in [0.717, 1.165) is 12.8 Å². The average Bonchev–Trinajstić information content (AvgIpc) is 2.50. The fourth-order valence-corrected chi connectivity index (χ4v) is 2.51. The van der Waals surface area contributed by atoms with Gasteiger partial charge in [-0.25, -0.2) is 4.79 Å². The van der Waals surface area contributed by atoms with Crippen LogP contribution in [0.15, 0.2) is 18.3 Å². The number of pyridine rings is 1. The van der Waals surface area contributed by atoms with E-state index in [1.807, 2.05) is 0 Å². The second-order valence-electron chi connectivity index (χ2n) is 5.11. The number of amides is 1. The van der Waals surface area contributed by atoms with Crippen LogP contribution in [0.5, 0.6) is 0 Å². The van der Waals surface area contributed by atoms with Crippen LogP contribution in [0.4, 0.5) is 5.69 Å². The molecular formula is C15H21N3O3. The minimum Gasteiger partial charge on any atom is -0.464 e. The monoisotopic (exact) mass is 291 g/mol. The highest BCUT2D eigenvalue weighted by Crippen LogP contribution is 2.19. The molecule has 2 rings (SSSR count). The Morgan fingerprint density at radius 3 is 2.90 bits per heavy atom. The molecule has 1 fully saturated rings. The molecular weight excluding hydrogens is 270 g/mol. The summed E-state index contributed by atoms with van der Waals surface area (Å²) >= 11 is 0. The Morgan fingerprint density at radius 2 is 2.24 bits per heavy atom. The van der Waals surface area contributed by atoms with E-state index in [2.05, 4.69) is 4.98 Å². The number of carbonyl (C=O) groups excluding carboxylic acids is 2. The summed E-state index contributed by atoms with van der Waals surface area (Å²) in [5.41, 5.74) is 6.79. The van der Waals surface area contributed by atoms with Crippen molar-refractivity contribution in [1.29, 1.82) is 0 Å². The van der Waals surface area contributed by atoms with Crippen LogP contribution in [-0.2, 0) is 20.7 Å². The van der Waals surface area contributed by atoms with Gasteiger partial charge in [0.1, 0.15) is 6.04 Å². The number of carbonyl (C=O) groups is 2. The van der Waals surface area contributed by atoms with E-state index >= 15 is 0 Å². The first-order chi connectivity index (χ1) is 10.1. The van der Waals surface area contributed by atoms with E-state index in [4.69, 9.17) is 10.5 Å². The highest BCUT2D eigenvalue weighted by molar-refractivity contribution is 5.85. The molecule has 0 spiro atoms. The second kappa shape index (κ2) is 7.06. The molecule has 1 aromatic heterocycles. The van der Waals surface area contributed by atoms with Crippen LogP contribution in [0.1, 0.15) is 31.9 Å². The number of aromatic nitrogens is 1. The van der Waals surface area contributed by atoms with Gasteiger partial charge in [-0.05, 0) is 38.3 Å². The third-order valence-electron chi connectivity index (χ3n) is 3.56. The van der Waals surface area contributed by atoms with Gasteiger partial charge >= 0.3 is 5.97 Å². The van der Waals surface area contributed by atoms with E-state index in [1.165, 1.54) is 6.20 Å². The third-order valence-corrected chi connectivity index (χ3v) is 3.56. The Kier molecular flexibility index (Phi) is 5.14. The number of rotatable bonds is 4. The highest BCUT2D eigenvalue weighted by atomic mass is 16.5. The van der Waals surface area contributed by atoms with Crippen molar-refractivity contribution in [2.75, 3.05) is 18.9 Å². The fraction of sp³-hybridized carbons (Fsp3) is 0.533. The van der Waals surface area contributed by atoms with Crippen LogP contribution >= 0.6 is 0 Å². The van der Waals surface area contributed by atoms with Crippen molar-refractivity contribution in [2.24, 2.45) is 0 Å². The lowest BCUT2D eigenvalue weighted by molar-refractivity contribution is -0.156. The van der Waals surface area contributed by atoms with Gasteiger partial charge in [-0.2, -0.15) is 0 Å². The number of hydrogen-bond acceptors (Lipinski definition) is 5. The highest BCUT2D eigenvalue weighted by Gasteiger charge is 2.33. The van der Waals surface area contributed by atoms with Crippen LogP contribution in [0.2, 0.25) is 0 Å². The average molecular weight is 291 g/mol. The number of anilines is 1. The molecule has 2 heterocycles. The van der Waals surface area contributed by atoms with Gasteiger partial charge in [0.2, 0.25) is 5.91 Å². The molecule has 6 heteroatoms. The summed E-state index contributed by atoms with van der Waals surface area (Å²) in [6, 6.07) is 2.99. The molecule has 1 amide bonds. The molecule has 0 aromatic carbocycles. The van der Waals surface area contributed by atoms with Crippen LogP contribution in [0.25, 0.3) is 0 Å². The van der Waals surface area contributed by atoms with Crippen molar-refractivity contribution >= 4 is 17.6 Å². The lowest BCUT2D eigenvalue weighted by Crippen LogP contribution is -2.49. The lowest BCUT2D eigenvalue weighted by Gasteiger charge is -2.34. The van der Waals surface area contributed by atoms with Gasteiger partial charge in [0.05, 0.1) is 24.9 Å². The minimum absolute atomic E-state index is 0.0926. The molecule has 1 saturated heterocycles. The smallest absolute Gasteiger partial charge is 0.328 e. The maximum atomic E-state index is 12.4. The quantitative estimate of drug-likeness (QED) is 0.841. The molecule has 1 aliphatic heterocycles. The maximum absolute atomic E-state index is 12.4. The van der Waals surface area contributed by atoms with Gasteiger partial charge in [-0.15, -0.1) is 0 Å². The van der Waals surface area contributed by atoms with Crippen LogP contribution < -0.4 is 5.73 Å². The Morgan fingerprint density at radius 1 is 1.43 bits per heavy atom. The van der Waals surface area contributed by atoms with Gasteiger partial charge < -0.3 is 15.4 Å². The van der Waals surface area contributed by atoms with E-state index in [-0.39, 0.29) is 18.3 Å². The summed E-state index contributed by atoms with van der Waals surface area (Å²) < 4.78 is 5.06. The molecule has 1 atom stereocenters. The topological polar surface area (TPSA) is 85.5 Å². The van der Waals surface area contributed by atoms with Crippen LogP contribution in [0, 0.1) is 0 Å². The molecule has 1 aliphatic rings. The van der Waals surface area contributed by atoms with Crippen molar-refractivity contribution in [3.05, 3.63) is 24.0 Å². The maximum Gasteiger partial charge on any atom is 0.328 e. The van der Waals surface area contributed by atoms with E-state index in [9.17, 15) is 9.59 Å². The van der Waals surface area contributed by atoms with Gasteiger partial charge in [0, 0.05) is 12.2 Å². The number of piperidine rings is 1. The molecule has 0 bridgehead atoms. The first kappa shape index (κ1) is 15.3. The van der Waals surface area contributed by atoms with Gasteiger partial charge in [-0.3, -0.25) is 9.78 Å². The molecule has 21 heavy (non-hydrogen) atoms. The Hall–Kier alpha value is -2.11. The number of ether oxygens (including phenoxy) is 1. The zero-order valence-electron chi connectivity index (χ0n) is 12.2. The van der Waals surface area contributed by atoms with E-state index in [1.54, 1.807) is 24.0 Å². The number of nitrogen functional groups attached to an aromatic ring is 1. The first-order valence-corrected chi connectivity index (χ1v) is 7.28. The largest absolute Gasteiger partial charge is 0.464 e. The summed E-state index contributed by atoms with van der Waals surface area (Å²) in [4.78, 5) is 30.1. The van der Waals surface area contributed by atoms with Gasteiger partial charge in [0.25, 0.3) is 0 Å². The normalized spacial score (nSPS) is 18.3. The van der Waals surface area contributed by atoms with Gasteiger partial charge in [0.15, 0.2) is 0 Å². The second-order valence-corrected chi connectivity index (χ2v) is 5.11. The molecule has 0 aliphatic carbocycles. The number of likely N-dealkylation sites (tertiary alicyclic amines) is 1. The number of nitrogens with two attached hydrogens (primary N) is 1. The third kappa shape index (κ3) is 3.93. The standard InChI is InChI=1S/C15H21N3O3/c1-2-21-15(20)13-5-3-4-8-18(13)14(19)9-12-7-6-11(16)10-17-12/h6-7,10,13H,2-5,8-9,16H2,1H3. The lowest BCUT2D eigenvalue weighted by atomic mass is 10.0. The molecule has 1 aromatic rings. The number of nitrogens with zero attached hydrogens (tertiary/aromatic N) is 2. The zero-order valence-corrected chi connectivity index (χ0v) is 12.2. The SMILES string of the molecule is CCOC(=O)C1CCCCN1C(=O)Cc1ccc(N)cn1. The summed E-state index contributed by atoms with van der Waals surface area (Å²) in [7, 11) is 0. The molecule has 114 valence electrons. The van der Waals surface area contributed by atoms with Crippen LogP contribution in [0.3, 0.4) is 0 Å². The van der Waals surface area contributed by atoms with Crippen molar-refractivity contribution < 1.29 is 14.3 Å². The molecule has 0 radical (unpaired) electrons. The molecule has 1 unspecified atom stereocenters. The number of esters is 1. The van der Waals surface area contributed by atoms with Crippen molar-refractivity contribution in [1.82, 2.24) is 9.88 Å². The predicted octanol–water partition coefficient (Wildman–Crippen LogP) is 1.15. The first-order valence-electron chi connectivity index (χ1n) is 7.28. The molecule has 0 saturated carbocycles. The van der Waals surface area contributed by atoms with Crippen molar-refractivity contribution in [2.45, 2.75) is 38.6 Å². The number of hydrogen-bond donors (Lipinski definition) is 1. The van der Waals surface area contributed by atoms with Crippen LogP contribution in [-0.4, -0.2) is 41.0 Å². The summed E-state index contributed by atoms with van der Waals surface area (Å²) in [5.74, 6) is -0.402. The van der Waals surface area contributed by atoms with E-state index < -0.39 is 6.04 Å². The van der Waals surface area contributed by atoms with Gasteiger partial charge in [-0.1, -0.05) is 0 Å². The molecule has 6 nitrogen and oxygen atoms in total. The fourth-order valence-electron chi connectivity index (χ4n) is 2.51. The van der Waals surface area contributed by atoms with Crippen molar-refractivity contribution in [3.8, 4) is 0 Å². The Bertz CT molecular complexity index is 501. The Balaban J connectivity index is 2.04. The zero-order chi connectivity index (χ0) is 15.2. The summed E-state index contributed by atoms with van der Waals surface area (Å²) in [6.45, 7) is 2.69. The minimum atomic E-state index is -0.458. The van der Waals surface area contributed by atoms with Crippen molar-refractivity contribution in [3.63, 3.8) is 0 Å². The summed E-state index contributed by atoms with van der Waals surface area (Å²) in [6.07, 6.45) is 4.22. The van der Waals surface area contributed by atoms with E-state index in [0.29, 0.717) is 31.0 Å². The predicted molar refractivity (Wildman–Crippen MR) is 78.3 cm³/mol. The summed E-state index contributed by atoms with van der Waals surface area (Å²) in [5, 5.41) is 0. The molecule has 2 N–H and O–H groups in total.